The predicted octanol–water partition coefficient (Wildman–Crippen LogP) is 3.99. The molecule has 0 saturated heterocycles. The molecule has 26 heavy (non-hydrogen) atoms. The summed E-state index contributed by atoms with van der Waals surface area (Å²) in [6.07, 6.45) is 0. The average Bonchev–Trinajstić information content (AvgIpc) is 3.02. The van der Waals surface area contributed by atoms with Crippen LogP contribution in [0.1, 0.15) is 17.3 Å². The van der Waals surface area contributed by atoms with Gasteiger partial charge in [0.05, 0.1) is 12.4 Å². The molecule has 0 aliphatic heterocycles. The SMILES string of the molecule is COc1cccc(-c2nnc(S[C@@H](C)C(=O)c3ccc(F)cc3)n2C)c1. The zero-order chi connectivity index (χ0) is 18.7. The smallest absolute Gasteiger partial charge is 0.191 e. The fourth-order valence-corrected chi connectivity index (χ4v) is 3.38. The molecule has 1 aromatic heterocycles. The van der Waals surface area contributed by atoms with Crippen LogP contribution in [0, 0.1) is 5.82 Å². The lowest BCUT2D eigenvalue weighted by molar-refractivity contribution is 0.0994. The van der Waals surface area contributed by atoms with Gasteiger partial charge in [-0.3, -0.25) is 4.79 Å². The first-order valence-corrected chi connectivity index (χ1v) is 8.88. The molecule has 1 heterocycles. The number of ether oxygens (including phenoxy) is 1. The molecule has 0 aliphatic rings. The third-order valence-corrected chi connectivity index (χ3v) is 5.08. The van der Waals surface area contributed by atoms with E-state index in [1.807, 2.05) is 35.9 Å². The summed E-state index contributed by atoms with van der Waals surface area (Å²) >= 11 is 1.32. The van der Waals surface area contributed by atoms with Crippen LogP contribution in [0.15, 0.2) is 53.7 Å². The Morgan fingerprint density at radius 1 is 1.19 bits per heavy atom. The van der Waals surface area contributed by atoms with E-state index in [1.54, 1.807) is 14.0 Å². The summed E-state index contributed by atoms with van der Waals surface area (Å²) in [4.78, 5) is 12.5. The number of rotatable bonds is 6. The fourth-order valence-electron chi connectivity index (χ4n) is 2.49. The Morgan fingerprint density at radius 2 is 1.92 bits per heavy atom. The number of ketones is 1. The van der Waals surface area contributed by atoms with Gasteiger partial charge in [0, 0.05) is 18.2 Å². The predicted molar refractivity (Wildman–Crippen MR) is 99.0 cm³/mol. The van der Waals surface area contributed by atoms with Crippen molar-refractivity contribution in [3.8, 4) is 17.1 Å². The summed E-state index contributed by atoms with van der Waals surface area (Å²) in [5, 5.41) is 8.69. The number of thioether (sulfide) groups is 1. The van der Waals surface area contributed by atoms with Gasteiger partial charge >= 0.3 is 0 Å². The lowest BCUT2D eigenvalue weighted by Crippen LogP contribution is -2.14. The third-order valence-electron chi connectivity index (χ3n) is 3.94. The lowest BCUT2D eigenvalue weighted by atomic mass is 10.1. The molecule has 0 radical (unpaired) electrons. The fraction of sp³-hybridized carbons (Fsp3) is 0.211. The second-order valence-corrected chi connectivity index (χ2v) is 7.04. The first kappa shape index (κ1) is 18.1. The highest BCUT2D eigenvalue weighted by molar-refractivity contribution is 8.00. The van der Waals surface area contributed by atoms with Crippen molar-refractivity contribution in [3.05, 3.63) is 59.9 Å². The Balaban J connectivity index is 1.79. The van der Waals surface area contributed by atoms with Crippen molar-refractivity contribution >= 4 is 17.5 Å². The van der Waals surface area contributed by atoms with E-state index < -0.39 is 0 Å². The standard InChI is InChI=1S/C19H18FN3O2S/c1-12(17(24)13-7-9-15(20)10-8-13)26-19-22-21-18(23(19)2)14-5-4-6-16(11-14)25-3/h4-12H,1-3H3/t12-/m0/s1. The summed E-state index contributed by atoms with van der Waals surface area (Å²) in [6.45, 7) is 1.80. The molecule has 0 saturated carbocycles. The number of Topliss-reactive ketones (excluding diaryl/α,β-unsaturated/α-hetero) is 1. The van der Waals surface area contributed by atoms with Gasteiger partial charge in [0.15, 0.2) is 16.8 Å². The van der Waals surface area contributed by atoms with Crippen LogP contribution in [0.5, 0.6) is 5.75 Å². The molecule has 3 aromatic rings. The number of carbonyl (C=O) groups excluding carboxylic acids is 1. The van der Waals surface area contributed by atoms with Crippen molar-refractivity contribution in [3.63, 3.8) is 0 Å². The Labute approximate surface area is 155 Å². The highest BCUT2D eigenvalue weighted by Gasteiger charge is 2.20. The van der Waals surface area contributed by atoms with Crippen molar-refractivity contribution in [2.24, 2.45) is 7.05 Å². The zero-order valence-electron chi connectivity index (χ0n) is 14.6. The minimum atomic E-state index is -0.374. The van der Waals surface area contributed by atoms with Crippen molar-refractivity contribution in [1.29, 1.82) is 0 Å². The van der Waals surface area contributed by atoms with Crippen molar-refractivity contribution < 1.29 is 13.9 Å². The van der Waals surface area contributed by atoms with Crippen LogP contribution < -0.4 is 4.74 Å². The van der Waals surface area contributed by atoms with Gasteiger partial charge in [0.2, 0.25) is 0 Å². The minimum absolute atomic E-state index is 0.0825. The number of benzene rings is 2. The number of aromatic nitrogens is 3. The number of hydrogen-bond donors (Lipinski definition) is 0. The number of hydrogen-bond acceptors (Lipinski definition) is 5. The van der Waals surface area contributed by atoms with Gasteiger partial charge < -0.3 is 9.30 Å². The van der Waals surface area contributed by atoms with Crippen LogP contribution in [0.4, 0.5) is 4.39 Å². The molecule has 0 unspecified atom stereocenters. The maximum absolute atomic E-state index is 13.0. The number of carbonyl (C=O) groups is 1. The molecule has 5 nitrogen and oxygen atoms in total. The van der Waals surface area contributed by atoms with E-state index in [2.05, 4.69) is 10.2 Å². The molecule has 0 spiro atoms. The van der Waals surface area contributed by atoms with Gasteiger partial charge in [-0.15, -0.1) is 10.2 Å². The van der Waals surface area contributed by atoms with Crippen LogP contribution in [0.25, 0.3) is 11.4 Å². The van der Waals surface area contributed by atoms with Gasteiger partial charge in [-0.05, 0) is 43.3 Å². The lowest BCUT2D eigenvalue weighted by Gasteiger charge is -2.10. The van der Waals surface area contributed by atoms with Gasteiger partial charge in [0.25, 0.3) is 0 Å². The number of halogens is 1. The van der Waals surface area contributed by atoms with Gasteiger partial charge in [-0.1, -0.05) is 23.9 Å². The second kappa shape index (κ2) is 7.70. The molecule has 0 bridgehead atoms. The highest BCUT2D eigenvalue weighted by Crippen LogP contribution is 2.28. The average molecular weight is 371 g/mol. The normalized spacial score (nSPS) is 12.0. The van der Waals surface area contributed by atoms with Gasteiger partial charge in [0.1, 0.15) is 11.6 Å². The van der Waals surface area contributed by atoms with Crippen LogP contribution in [-0.4, -0.2) is 32.9 Å². The Morgan fingerprint density at radius 3 is 2.62 bits per heavy atom. The Hall–Kier alpha value is -2.67. The summed E-state index contributed by atoms with van der Waals surface area (Å²) in [7, 11) is 3.46. The van der Waals surface area contributed by atoms with Gasteiger partial charge in [-0.25, -0.2) is 4.39 Å². The molecule has 7 heteroatoms. The van der Waals surface area contributed by atoms with E-state index in [0.717, 1.165) is 11.3 Å². The minimum Gasteiger partial charge on any atom is -0.497 e. The van der Waals surface area contributed by atoms with Crippen LogP contribution in [0.3, 0.4) is 0 Å². The summed E-state index contributed by atoms with van der Waals surface area (Å²) < 4.78 is 20.1. The quantitative estimate of drug-likeness (QED) is 0.484. The van der Waals surface area contributed by atoms with E-state index in [0.29, 0.717) is 16.5 Å². The van der Waals surface area contributed by atoms with Crippen LogP contribution >= 0.6 is 11.8 Å². The molecular formula is C19H18FN3O2S. The molecule has 134 valence electrons. The molecule has 0 aliphatic carbocycles. The van der Waals surface area contributed by atoms with Crippen molar-refractivity contribution in [2.75, 3.05) is 7.11 Å². The molecular weight excluding hydrogens is 353 g/mol. The monoisotopic (exact) mass is 371 g/mol. The highest BCUT2D eigenvalue weighted by atomic mass is 32.2. The molecule has 0 N–H and O–H groups in total. The summed E-state index contributed by atoms with van der Waals surface area (Å²) in [5.41, 5.74) is 1.35. The molecule has 3 rings (SSSR count). The Bertz CT molecular complexity index is 925. The third kappa shape index (κ3) is 3.77. The topological polar surface area (TPSA) is 57.0 Å². The first-order valence-electron chi connectivity index (χ1n) is 8.00. The number of nitrogens with zero attached hydrogens (tertiary/aromatic N) is 3. The van der Waals surface area contributed by atoms with Crippen LogP contribution in [-0.2, 0) is 7.05 Å². The van der Waals surface area contributed by atoms with Crippen LogP contribution in [0.2, 0.25) is 0 Å². The largest absolute Gasteiger partial charge is 0.497 e. The Kier molecular flexibility index (Phi) is 5.37. The molecule has 1 atom stereocenters. The van der Waals surface area contributed by atoms with E-state index in [1.165, 1.54) is 36.0 Å². The summed E-state index contributed by atoms with van der Waals surface area (Å²) in [5.74, 6) is 0.978. The molecule has 0 amide bonds. The summed E-state index contributed by atoms with van der Waals surface area (Å²) in [6, 6.07) is 13.1. The van der Waals surface area contributed by atoms with E-state index >= 15 is 0 Å². The second-order valence-electron chi connectivity index (χ2n) is 5.73. The van der Waals surface area contributed by atoms with Crippen molar-refractivity contribution in [1.82, 2.24) is 14.8 Å². The number of methoxy groups -OCH3 is 1. The van der Waals surface area contributed by atoms with E-state index in [-0.39, 0.29) is 16.9 Å². The maximum Gasteiger partial charge on any atom is 0.191 e. The zero-order valence-corrected chi connectivity index (χ0v) is 15.5. The van der Waals surface area contributed by atoms with Gasteiger partial charge in [-0.2, -0.15) is 0 Å². The maximum atomic E-state index is 13.0. The first-order chi connectivity index (χ1) is 12.5. The van der Waals surface area contributed by atoms with Crippen molar-refractivity contribution in [2.45, 2.75) is 17.3 Å². The van der Waals surface area contributed by atoms with E-state index in [4.69, 9.17) is 4.74 Å². The molecule has 0 fully saturated rings. The molecule has 2 aromatic carbocycles. The van der Waals surface area contributed by atoms with E-state index in [9.17, 15) is 9.18 Å².